The van der Waals surface area contributed by atoms with Crippen molar-refractivity contribution in [1.29, 1.82) is 0 Å². The monoisotopic (exact) mass is 303 g/mol. The first-order chi connectivity index (χ1) is 10.1. The lowest BCUT2D eigenvalue weighted by Crippen LogP contribution is -2.08. The van der Waals surface area contributed by atoms with Gasteiger partial charge < -0.3 is 4.57 Å². The third-order valence-electron chi connectivity index (χ3n) is 3.53. The van der Waals surface area contributed by atoms with Crippen molar-refractivity contribution in [3.8, 4) is 0 Å². The maximum atomic E-state index is 6.29. The third kappa shape index (κ3) is 2.93. The highest BCUT2D eigenvalue weighted by atomic mass is 35.5. The van der Waals surface area contributed by atoms with E-state index in [1.165, 1.54) is 5.56 Å². The van der Waals surface area contributed by atoms with Crippen LogP contribution in [-0.4, -0.2) is 24.5 Å². The summed E-state index contributed by atoms with van der Waals surface area (Å²) in [7, 11) is 0. The molecule has 21 heavy (non-hydrogen) atoms. The molecule has 0 aliphatic carbocycles. The summed E-state index contributed by atoms with van der Waals surface area (Å²) in [5.74, 6) is 0.927. The Hall–Kier alpha value is -1.88. The largest absolute Gasteiger partial charge is 0.327 e. The minimum atomic E-state index is -0.107. The first kappa shape index (κ1) is 14.1. The van der Waals surface area contributed by atoms with E-state index in [4.69, 9.17) is 11.6 Å². The standard InChI is InChI=1S/C15H18ClN5/c1-11-4-5-13-14(10-11)21(15(18-13)12(2)16)8-3-7-20-9-6-17-19-20/h4-6,9-10,12H,3,7-8H2,1-2H3. The zero-order valence-corrected chi connectivity index (χ0v) is 13.0. The molecular weight excluding hydrogens is 286 g/mol. The summed E-state index contributed by atoms with van der Waals surface area (Å²) >= 11 is 6.29. The van der Waals surface area contributed by atoms with Gasteiger partial charge in [0.2, 0.25) is 0 Å². The fourth-order valence-corrected chi connectivity index (χ4v) is 2.70. The quantitative estimate of drug-likeness (QED) is 0.679. The maximum Gasteiger partial charge on any atom is 0.127 e. The number of nitrogens with zero attached hydrogens (tertiary/aromatic N) is 5. The van der Waals surface area contributed by atoms with E-state index in [1.54, 1.807) is 6.20 Å². The van der Waals surface area contributed by atoms with Gasteiger partial charge in [-0.25, -0.2) is 4.98 Å². The summed E-state index contributed by atoms with van der Waals surface area (Å²) < 4.78 is 4.06. The number of aryl methyl sites for hydroxylation is 3. The molecule has 6 heteroatoms. The Labute approximate surface area is 128 Å². The normalized spacial score (nSPS) is 12.9. The van der Waals surface area contributed by atoms with Gasteiger partial charge in [0.25, 0.3) is 0 Å². The van der Waals surface area contributed by atoms with Crippen molar-refractivity contribution in [2.45, 2.75) is 38.7 Å². The topological polar surface area (TPSA) is 48.5 Å². The molecule has 1 atom stereocenters. The molecule has 0 aliphatic heterocycles. The first-order valence-electron chi connectivity index (χ1n) is 7.10. The summed E-state index contributed by atoms with van der Waals surface area (Å²) in [6.07, 6.45) is 4.53. The first-order valence-corrected chi connectivity index (χ1v) is 7.54. The van der Waals surface area contributed by atoms with Crippen molar-refractivity contribution in [3.63, 3.8) is 0 Å². The van der Waals surface area contributed by atoms with Gasteiger partial charge in [-0.2, -0.15) is 0 Å². The number of fused-ring (bicyclic) bond motifs is 1. The predicted octanol–water partition coefficient (Wildman–Crippen LogP) is 3.33. The highest BCUT2D eigenvalue weighted by Gasteiger charge is 2.14. The summed E-state index contributed by atoms with van der Waals surface area (Å²) in [5.41, 5.74) is 3.38. The van der Waals surface area contributed by atoms with E-state index in [-0.39, 0.29) is 5.38 Å². The molecule has 110 valence electrons. The number of halogens is 1. The molecule has 0 saturated carbocycles. The van der Waals surface area contributed by atoms with Crippen LogP contribution in [0, 0.1) is 6.92 Å². The third-order valence-corrected chi connectivity index (χ3v) is 3.73. The summed E-state index contributed by atoms with van der Waals surface area (Å²) in [4.78, 5) is 4.67. The highest BCUT2D eigenvalue weighted by molar-refractivity contribution is 6.20. The molecule has 0 bridgehead atoms. The molecule has 0 aliphatic rings. The van der Waals surface area contributed by atoms with Gasteiger partial charge >= 0.3 is 0 Å². The SMILES string of the molecule is Cc1ccc2nc(C(C)Cl)n(CCCn3ccnn3)c2c1. The van der Waals surface area contributed by atoms with Gasteiger partial charge in [-0.1, -0.05) is 11.3 Å². The molecule has 5 nitrogen and oxygen atoms in total. The minimum absolute atomic E-state index is 0.107. The van der Waals surface area contributed by atoms with Gasteiger partial charge in [0, 0.05) is 19.3 Å². The van der Waals surface area contributed by atoms with Crippen molar-refractivity contribution in [3.05, 3.63) is 42.0 Å². The Bertz CT molecular complexity index is 730. The number of imidazole rings is 1. The summed E-state index contributed by atoms with van der Waals surface area (Å²) in [6.45, 7) is 5.76. The number of alkyl halides is 1. The molecule has 3 aromatic rings. The van der Waals surface area contributed by atoms with Gasteiger partial charge in [0.05, 0.1) is 22.6 Å². The van der Waals surface area contributed by atoms with E-state index in [0.29, 0.717) is 0 Å². The van der Waals surface area contributed by atoms with Gasteiger partial charge in [0.15, 0.2) is 0 Å². The van der Waals surface area contributed by atoms with E-state index in [2.05, 4.69) is 45.0 Å². The number of hydrogen-bond acceptors (Lipinski definition) is 3. The predicted molar refractivity (Wildman–Crippen MR) is 83.4 cm³/mol. The lowest BCUT2D eigenvalue weighted by atomic mass is 10.2. The van der Waals surface area contributed by atoms with E-state index in [1.807, 2.05) is 17.8 Å². The Kier molecular flexibility index (Phi) is 3.92. The highest BCUT2D eigenvalue weighted by Crippen LogP contribution is 2.25. The van der Waals surface area contributed by atoms with Crippen molar-refractivity contribution in [2.24, 2.45) is 0 Å². The van der Waals surface area contributed by atoms with Gasteiger partial charge in [-0.05, 0) is 38.0 Å². The fraction of sp³-hybridized carbons (Fsp3) is 0.400. The van der Waals surface area contributed by atoms with Crippen molar-refractivity contribution in [1.82, 2.24) is 24.5 Å². The summed E-state index contributed by atoms with van der Waals surface area (Å²) in [6, 6.07) is 6.31. The van der Waals surface area contributed by atoms with Crippen molar-refractivity contribution in [2.75, 3.05) is 0 Å². The van der Waals surface area contributed by atoms with Crippen LogP contribution in [0.25, 0.3) is 11.0 Å². The van der Waals surface area contributed by atoms with E-state index in [0.717, 1.165) is 36.4 Å². The lowest BCUT2D eigenvalue weighted by Gasteiger charge is -2.10. The van der Waals surface area contributed by atoms with Gasteiger partial charge in [0.1, 0.15) is 5.82 Å². The molecule has 0 saturated heterocycles. The zero-order chi connectivity index (χ0) is 14.8. The average Bonchev–Trinajstić information content (AvgIpc) is 3.07. The van der Waals surface area contributed by atoms with Crippen LogP contribution >= 0.6 is 11.6 Å². The summed E-state index contributed by atoms with van der Waals surface area (Å²) in [5, 5.41) is 7.70. The second kappa shape index (κ2) is 5.85. The maximum absolute atomic E-state index is 6.29. The van der Waals surface area contributed by atoms with E-state index in [9.17, 15) is 0 Å². The van der Waals surface area contributed by atoms with Crippen LogP contribution in [0.15, 0.2) is 30.6 Å². The Balaban J connectivity index is 1.87. The molecular formula is C15H18ClN5. The molecule has 0 radical (unpaired) electrons. The van der Waals surface area contributed by atoms with Crippen molar-refractivity contribution < 1.29 is 0 Å². The molecule has 0 N–H and O–H groups in total. The zero-order valence-electron chi connectivity index (χ0n) is 12.2. The van der Waals surface area contributed by atoms with Crippen LogP contribution < -0.4 is 0 Å². The van der Waals surface area contributed by atoms with Crippen LogP contribution in [0.3, 0.4) is 0 Å². The molecule has 0 spiro atoms. The number of rotatable bonds is 5. The van der Waals surface area contributed by atoms with Gasteiger partial charge in [-0.15, -0.1) is 16.7 Å². The Morgan fingerprint density at radius 2 is 2.14 bits per heavy atom. The molecule has 2 heterocycles. The number of hydrogen-bond donors (Lipinski definition) is 0. The van der Waals surface area contributed by atoms with Crippen LogP contribution in [0.2, 0.25) is 0 Å². The van der Waals surface area contributed by atoms with E-state index >= 15 is 0 Å². The van der Waals surface area contributed by atoms with Crippen LogP contribution in [0.4, 0.5) is 0 Å². The smallest absolute Gasteiger partial charge is 0.127 e. The molecule has 0 fully saturated rings. The number of aromatic nitrogens is 5. The fourth-order valence-electron chi connectivity index (χ4n) is 2.53. The minimum Gasteiger partial charge on any atom is -0.327 e. The molecule has 1 unspecified atom stereocenters. The lowest BCUT2D eigenvalue weighted by molar-refractivity contribution is 0.511. The average molecular weight is 304 g/mol. The molecule has 1 aromatic carbocycles. The van der Waals surface area contributed by atoms with Gasteiger partial charge in [-0.3, -0.25) is 4.68 Å². The second-order valence-electron chi connectivity index (χ2n) is 5.25. The van der Waals surface area contributed by atoms with Crippen LogP contribution in [-0.2, 0) is 13.1 Å². The number of benzene rings is 1. The second-order valence-corrected chi connectivity index (χ2v) is 5.90. The van der Waals surface area contributed by atoms with Crippen LogP contribution in [0.1, 0.15) is 30.1 Å². The Morgan fingerprint density at radius 3 is 2.86 bits per heavy atom. The molecule has 3 rings (SSSR count). The van der Waals surface area contributed by atoms with E-state index < -0.39 is 0 Å². The Morgan fingerprint density at radius 1 is 1.29 bits per heavy atom. The molecule has 2 aromatic heterocycles. The van der Waals surface area contributed by atoms with Crippen LogP contribution in [0.5, 0.6) is 0 Å². The molecule has 0 amide bonds. The van der Waals surface area contributed by atoms with Crippen molar-refractivity contribution >= 4 is 22.6 Å².